The van der Waals surface area contributed by atoms with Gasteiger partial charge in [-0.05, 0) is 55.2 Å². The minimum atomic E-state index is 0.353. The number of aromatic nitrogens is 2. The lowest BCUT2D eigenvalue weighted by Crippen LogP contribution is -2.28. The van der Waals surface area contributed by atoms with Crippen LogP contribution in [0.3, 0.4) is 0 Å². The molecule has 0 aliphatic heterocycles. The summed E-state index contributed by atoms with van der Waals surface area (Å²) < 4.78 is 0. The van der Waals surface area contributed by atoms with Crippen LogP contribution in [0.4, 0.5) is 11.8 Å². The fourth-order valence-corrected chi connectivity index (χ4v) is 4.49. The zero-order chi connectivity index (χ0) is 20.4. The van der Waals surface area contributed by atoms with Crippen LogP contribution in [0, 0.1) is 0 Å². The van der Waals surface area contributed by atoms with Crippen molar-refractivity contribution in [2.45, 2.75) is 37.9 Å². The van der Waals surface area contributed by atoms with Gasteiger partial charge in [0, 0.05) is 48.2 Å². The summed E-state index contributed by atoms with van der Waals surface area (Å²) in [5, 5.41) is 9.57. The second-order valence-corrected chi connectivity index (χ2v) is 8.67. The SMILES string of the molecule is CN(C)c1nc(N[C@H]2CC[C@@H](NCc3cc(Cl)cc(Cl)c3)C2)nc2ccccc12. The molecule has 1 heterocycles. The van der Waals surface area contributed by atoms with E-state index in [-0.39, 0.29) is 0 Å². The Kier molecular flexibility index (Phi) is 6.09. The second kappa shape index (κ2) is 8.74. The van der Waals surface area contributed by atoms with Gasteiger partial charge in [0.05, 0.1) is 5.52 Å². The number of nitrogens with zero attached hydrogens (tertiary/aromatic N) is 3. The highest BCUT2D eigenvalue weighted by molar-refractivity contribution is 6.34. The number of rotatable bonds is 6. The highest BCUT2D eigenvalue weighted by Crippen LogP contribution is 2.27. The molecule has 5 nitrogen and oxygen atoms in total. The molecule has 0 unspecified atom stereocenters. The summed E-state index contributed by atoms with van der Waals surface area (Å²) >= 11 is 12.2. The summed E-state index contributed by atoms with van der Waals surface area (Å²) in [4.78, 5) is 11.5. The van der Waals surface area contributed by atoms with Crippen LogP contribution in [-0.4, -0.2) is 36.1 Å². The molecular weight excluding hydrogens is 405 g/mol. The second-order valence-electron chi connectivity index (χ2n) is 7.79. The lowest BCUT2D eigenvalue weighted by molar-refractivity contribution is 0.520. The van der Waals surface area contributed by atoms with Crippen LogP contribution in [-0.2, 0) is 6.54 Å². The van der Waals surface area contributed by atoms with Crippen molar-refractivity contribution in [2.75, 3.05) is 24.3 Å². The van der Waals surface area contributed by atoms with E-state index in [2.05, 4.69) is 16.7 Å². The lowest BCUT2D eigenvalue weighted by Gasteiger charge is -2.18. The highest BCUT2D eigenvalue weighted by atomic mass is 35.5. The predicted molar refractivity (Wildman–Crippen MR) is 122 cm³/mol. The van der Waals surface area contributed by atoms with Gasteiger partial charge in [-0.2, -0.15) is 4.98 Å². The van der Waals surface area contributed by atoms with Crippen molar-refractivity contribution in [2.24, 2.45) is 0 Å². The first-order valence-corrected chi connectivity index (χ1v) is 10.6. The Labute approximate surface area is 181 Å². The van der Waals surface area contributed by atoms with E-state index in [1.165, 1.54) is 0 Å². The fraction of sp³-hybridized carbons (Fsp3) is 0.364. The topological polar surface area (TPSA) is 53.1 Å². The first kappa shape index (κ1) is 20.2. The third-order valence-corrected chi connectivity index (χ3v) is 5.73. The molecule has 1 aliphatic carbocycles. The predicted octanol–water partition coefficient (Wildman–Crippen LogP) is 5.13. The molecular formula is C22H25Cl2N5. The van der Waals surface area contributed by atoms with Crippen molar-refractivity contribution in [3.05, 3.63) is 58.1 Å². The van der Waals surface area contributed by atoms with Gasteiger partial charge in [0.1, 0.15) is 5.82 Å². The zero-order valence-corrected chi connectivity index (χ0v) is 18.1. The molecule has 1 aromatic heterocycles. The maximum atomic E-state index is 6.10. The summed E-state index contributed by atoms with van der Waals surface area (Å²) in [5.74, 6) is 1.63. The van der Waals surface area contributed by atoms with Crippen LogP contribution in [0.15, 0.2) is 42.5 Å². The van der Waals surface area contributed by atoms with Crippen LogP contribution in [0.1, 0.15) is 24.8 Å². The van der Waals surface area contributed by atoms with Crippen LogP contribution < -0.4 is 15.5 Å². The molecule has 0 amide bonds. The Bertz CT molecular complexity index is 987. The Morgan fingerprint density at radius 2 is 1.72 bits per heavy atom. The number of nitrogens with one attached hydrogen (secondary N) is 2. The summed E-state index contributed by atoms with van der Waals surface area (Å²) in [7, 11) is 4.02. The lowest BCUT2D eigenvalue weighted by atomic mass is 10.2. The van der Waals surface area contributed by atoms with Crippen molar-refractivity contribution >= 4 is 45.9 Å². The van der Waals surface area contributed by atoms with Crippen molar-refractivity contribution in [1.82, 2.24) is 15.3 Å². The largest absolute Gasteiger partial charge is 0.362 e. The molecule has 0 spiro atoms. The fourth-order valence-electron chi connectivity index (χ4n) is 3.92. The minimum absolute atomic E-state index is 0.353. The summed E-state index contributed by atoms with van der Waals surface area (Å²) in [6, 6.07) is 14.6. The normalized spacial score (nSPS) is 18.9. The van der Waals surface area contributed by atoms with Gasteiger partial charge in [0.2, 0.25) is 5.95 Å². The quantitative estimate of drug-likeness (QED) is 0.568. The molecule has 2 N–H and O–H groups in total. The van der Waals surface area contributed by atoms with Crippen LogP contribution in [0.2, 0.25) is 10.0 Å². The molecule has 1 saturated carbocycles. The first-order valence-electron chi connectivity index (χ1n) is 9.87. The van der Waals surface area contributed by atoms with E-state index in [0.29, 0.717) is 28.1 Å². The number of para-hydroxylation sites is 1. The van der Waals surface area contributed by atoms with Gasteiger partial charge in [0.15, 0.2) is 0 Å². The van der Waals surface area contributed by atoms with Gasteiger partial charge in [0.25, 0.3) is 0 Å². The Morgan fingerprint density at radius 1 is 1.00 bits per heavy atom. The van der Waals surface area contributed by atoms with Gasteiger partial charge in [-0.15, -0.1) is 0 Å². The molecule has 1 aliphatic rings. The number of fused-ring (bicyclic) bond motifs is 1. The average molecular weight is 430 g/mol. The molecule has 0 radical (unpaired) electrons. The molecule has 0 bridgehead atoms. The van der Waals surface area contributed by atoms with E-state index in [0.717, 1.165) is 48.1 Å². The molecule has 2 atom stereocenters. The van der Waals surface area contributed by atoms with Gasteiger partial charge < -0.3 is 15.5 Å². The van der Waals surface area contributed by atoms with Gasteiger partial charge in [-0.1, -0.05) is 35.3 Å². The van der Waals surface area contributed by atoms with Crippen molar-refractivity contribution in [1.29, 1.82) is 0 Å². The third kappa shape index (κ3) is 4.92. The van der Waals surface area contributed by atoms with E-state index in [1.54, 1.807) is 6.07 Å². The smallest absolute Gasteiger partial charge is 0.225 e. The highest BCUT2D eigenvalue weighted by Gasteiger charge is 2.25. The van der Waals surface area contributed by atoms with Crippen LogP contribution >= 0.6 is 23.2 Å². The molecule has 2 aromatic carbocycles. The molecule has 7 heteroatoms. The zero-order valence-electron chi connectivity index (χ0n) is 16.6. The van der Waals surface area contributed by atoms with E-state index >= 15 is 0 Å². The molecule has 3 aromatic rings. The standard InChI is InChI=1S/C22H25Cl2N5/c1-29(2)21-19-5-3-4-6-20(19)27-22(28-21)26-18-8-7-17(12-18)25-13-14-9-15(23)11-16(24)10-14/h3-6,9-11,17-18,25H,7-8,12-13H2,1-2H3,(H,26,27,28)/t17-,18+/m1/s1. The molecule has 152 valence electrons. The Balaban J connectivity index is 1.40. The molecule has 4 rings (SSSR count). The number of hydrogen-bond donors (Lipinski definition) is 2. The van der Waals surface area contributed by atoms with E-state index in [9.17, 15) is 0 Å². The summed E-state index contributed by atoms with van der Waals surface area (Å²) in [5.41, 5.74) is 2.06. The average Bonchev–Trinajstić information content (AvgIpc) is 3.12. The number of benzene rings is 2. The van der Waals surface area contributed by atoms with Crippen LogP contribution in [0.5, 0.6) is 0 Å². The number of halogens is 2. The maximum Gasteiger partial charge on any atom is 0.225 e. The summed E-state index contributed by atoms with van der Waals surface area (Å²) in [6.07, 6.45) is 3.23. The van der Waals surface area contributed by atoms with E-state index in [4.69, 9.17) is 33.2 Å². The monoisotopic (exact) mass is 429 g/mol. The Morgan fingerprint density at radius 3 is 2.48 bits per heavy atom. The minimum Gasteiger partial charge on any atom is -0.362 e. The van der Waals surface area contributed by atoms with Gasteiger partial charge in [-0.3, -0.25) is 0 Å². The van der Waals surface area contributed by atoms with Crippen molar-refractivity contribution in [3.8, 4) is 0 Å². The maximum absolute atomic E-state index is 6.10. The van der Waals surface area contributed by atoms with Gasteiger partial charge in [-0.25, -0.2) is 4.98 Å². The van der Waals surface area contributed by atoms with Crippen molar-refractivity contribution < 1.29 is 0 Å². The van der Waals surface area contributed by atoms with E-state index in [1.807, 2.05) is 49.3 Å². The van der Waals surface area contributed by atoms with Crippen LogP contribution in [0.25, 0.3) is 10.9 Å². The van der Waals surface area contributed by atoms with E-state index < -0.39 is 0 Å². The molecule has 0 saturated heterocycles. The third-order valence-electron chi connectivity index (χ3n) is 5.29. The number of anilines is 2. The molecule has 29 heavy (non-hydrogen) atoms. The Hall–Kier alpha value is -2.08. The van der Waals surface area contributed by atoms with Crippen molar-refractivity contribution in [3.63, 3.8) is 0 Å². The van der Waals surface area contributed by atoms with Gasteiger partial charge >= 0.3 is 0 Å². The molecule has 1 fully saturated rings. The number of hydrogen-bond acceptors (Lipinski definition) is 5. The summed E-state index contributed by atoms with van der Waals surface area (Å²) in [6.45, 7) is 0.759. The first-order chi connectivity index (χ1) is 14.0.